The third-order valence-electron chi connectivity index (χ3n) is 8.50. The van der Waals surface area contributed by atoms with Crippen LogP contribution in [0.3, 0.4) is 0 Å². The van der Waals surface area contributed by atoms with E-state index in [9.17, 15) is 19.0 Å². The predicted octanol–water partition coefficient (Wildman–Crippen LogP) is 10.5. The number of hydrogen-bond acceptors (Lipinski definition) is 9. The van der Waals surface area contributed by atoms with E-state index < -0.39 is 32.5 Å². The van der Waals surface area contributed by atoms with Gasteiger partial charge in [0.25, 0.3) is 0 Å². The van der Waals surface area contributed by atoms with Crippen molar-refractivity contribution in [1.29, 1.82) is 0 Å². The van der Waals surface area contributed by atoms with Crippen LogP contribution in [0.4, 0.5) is 0 Å². The fourth-order valence-electron chi connectivity index (χ4n) is 5.38. The van der Waals surface area contributed by atoms with E-state index in [-0.39, 0.29) is 32.6 Å². The Labute approximate surface area is 326 Å². The minimum atomic E-state index is -4.40. The highest BCUT2D eigenvalue weighted by atomic mass is 31.2. The fraction of sp³-hybridized carbons (Fsp3) is 0.674. The summed E-state index contributed by atoms with van der Waals surface area (Å²) in [5, 5.41) is 0. The highest BCUT2D eigenvalue weighted by Gasteiger charge is 2.36. The molecule has 1 rings (SSSR count). The Morgan fingerprint density at radius 2 is 1.28 bits per heavy atom. The average molecular weight is 778 g/mol. The summed E-state index contributed by atoms with van der Waals surface area (Å²) in [6.45, 7) is 3.47. The van der Waals surface area contributed by atoms with Gasteiger partial charge in [0.05, 0.1) is 25.4 Å². The zero-order valence-corrected chi connectivity index (χ0v) is 34.3. The first-order valence-corrected chi connectivity index (χ1v) is 22.0. The lowest BCUT2D eigenvalue weighted by atomic mass is 10.1. The van der Waals surface area contributed by atoms with Crippen LogP contribution in [0.15, 0.2) is 72.9 Å². The molecule has 3 unspecified atom stereocenters. The summed E-state index contributed by atoms with van der Waals surface area (Å²) in [5.41, 5.74) is 5.34. The summed E-state index contributed by atoms with van der Waals surface area (Å²) < 4.78 is 38.4. The third-order valence-corrected chi connectivity index (χ3v) is 9.48. The number of esters is 2. The van der Waals surface area contributed by atoms with Crippen molar-refractivity contribution in [3.8, 4) is 0 Å². The van der Waals surface area contributed by atoms with Gasteiger partial charge < -0.3 is 24.8 Å². The topological polar surface area (TPSA) is 147 Å². The second kappa shape index (κ2) is 34.9. The third kappa shape index (κ3) is 31.7. The molecule has 3 N–H and O–H groups in total. The maximum absolute atomic E-state index is 12.6. The van der Waals surface area contributed by atoms with Gasteiger partial charge in [-0.05, 0) is 77.0 Å². The number of rotatable bonds is 36. The van der Waals surface area contributed by atoms with Crippen LogP contribution in [0, 0.1) is 0 Å². The molecule has 0 bridgehead atoms. The van der Waals surface area contributed by atoms with Crippen molar-refractivity contribution in [2.45, 2.75) is 161 Å². The van der Waals surface area contributed by atoms with Crippen molar-refractivity contribution in [3.63, 3.8) is 0 Å². The number of phosphoric ester groups is 1. The first kappa shape index (κ1) is 49.4. The lowest BCUT2D eigenvalue weighted by molar-refractivity contribution is -0.161. The molecule has 0 amide bonds. The first-order valence-electron chi connectivity index (χ1n) is 20.5. The van der Waals surface area contributed by atoms with Crippen molar-refractivity contribution >= 4 is 19.8 Å². The second-order valence-corrected chi connectivity index (χ2v) is 15.0. The van der Waals surface area contributed by atoms with Gasteiger partial charge in [0, 0.05) is 19.4 Å². The Balaban J connectivity index is 2.25. The SMILES string of the molecule is CC/C=C\C/C=C\C/C=C\C/C=C\C/C=C\CCCC(=O)OC[C@H](COP(=O)(O)OCCN)OC(=O)CCCCCCC/C=C\CC1OC1CCCCC. The van der Waals surface area contributed by atoms with E-state index in [1.165, 1.54) is 25.7 Å². The number of epoxide rings is 1. The summed E-state index contributed by atoms with van der Waals surface area (Å²) in [7, 11) is -4.40. The van der Waals surface area contributed by atoms with E-state index in [1.54, 1.807) is 0 Å². The molecule has 0 aromatic carbocycles. The minimum absolute atomic E-state index is 0.0374. The van der Waals surface area contributed by atoms with E-state index >= 15 is 0 Å². The number of carbonyl (C=O) groups is 2. The minimum Gasteiger partial charge on any atom is -0.462 e. The Kier molecular flexibility index (Phi) is 31.9. The molecule has 4 atom stereocenters. The number of hydrogen-bond donors (Lipinski definition) is 2. The summed E-state index contributed by atoms with van der Waals surface area (Å²) in [6.07, 6.45) is 43.9. The van der Waals surface area contributed by atoms with E-state index in [0.29, 0.717) is 25.0 Å². The smallest absolute Gasteiger partial charge is 0.462 e. The van der Waals surface area contributed by atoms with Crippen molar-refractivity contribution < 1.29 is 42.3 Å². The van der Waals surface area contributed by atoms with Gasteiger partial charge >= 0.3 is 19.8 Å². The van der Waals surface area contributed by atoms with Crippen molar-refractivity contribution in [3.05, 3.63) is 72.9 Å². The van der Waals surface area contributed by atoms with E-state index in [1.807, 2.05) is 6.08 Å². The van der Waals surface area contributed by atoms with Crippen LogP contribution in [-0.2, 0) is 37.4 Å². The molecule has 308 valence electrons. The standard InChI is InChI=1S/C43H72NO9P/c1-3-5-7-8-9-10-11-12-13-14-15-16-17-18-22-25-29-33-42(45)49-37-39(38-51-54(47,48)50-36-35-44)52-43(46)34-30-26-23-20-19-21-24-28-32-41-40(53-41)31-27-6-4-2/h5,7,9-10,12-13,15-16,18,22,24,28,39-41H,3-4,6,8,11,14,17,19-21,23,25-27,29-38,44H2,1-2H3,(H,47,48)/b7-5-,10-9-,13-12-,16-15-,22-18-,28-24-/t39-,40?,41?/m1/s1. The van der Waals surface area contributed by atoms with E-state index in [4.69, 9.17) is 29.0 Å². The average Bonchev–Trinajstić information content (AvgIpc) is 3.91. The molecule has 1 saturated heterocycles. The Bertz CT molecular complexity index is 1180. The van der Waals surface area contributed by atoms with Gasteiger partial charge in [-0.3, -0.25) is 18.6 Å². The molecular weight excluding hydrogens is 705 g/mol. The van der Waals surface area contributed by atoms with Gasteiger partial charge in [-0.1, -0.05) is 125 Å². The maximum Gasteiger partial charge on any atom is 0.472 e. The molecule has 0 spiro atoms. The summed E-state index contributed by atoms with van der Waals surface area (Å²) in [5.74, 6) is -0.927. The fourth-order valence-corrected chi connectivity index (χ4v) is 6.15. The number of nitrogens with two attached hydrogens (primary N) is 1. The molecule has 54 heavy (non-hydrogen) atoms. The normalized spacial score (nSPS) is 17.9. The Hall–Kier alpha value is -2.59. The maximum atomic E-state index is 12.6. The molecule has 0 aromatic rings. The van der Waals surface area contributed by atoms with E-state index in [2.05, 4.69) is 80.7 Å². The molecule has 10 nitrogen and oxygen atoms in total. The lowest BCUT2D eigenvalue weighted by Gasteiger charge is -2.19. The lowest BCUT2D eigenvalue weighted by Crippen LogP contribution is -2.29. The van der Waals surface area contributed by atoms with Crippen LogP contribution in [0.25, 0.3) is 0 Å². The van der Waals surface area contributed by atoms with Gasteiger partial charge in [0.1, 0.15) is 6.61 Å². The Morgan fingerprint density at radius 1 is 0.685 bits per heavy atom. The van der Waals surface area contributed by atoms with Gasteiger partial charge in [-0.25, -0.2) is 4.57 Å². The Morgan fingerprint density at radius 3 is 1.94 bits per heavy atom. The molecule has 1 aliphatic rings. The van der Waals surface area contributed by atoms with Crippen LogP contribution in [0.2, 0.25) is 0 Å². The number of ether oxygens (including phenoxy) is 3. The number of allylic oxidation sites excluding steroid dienone is 11. The molecule has 0 radical (unpaired) electrons. The molecule has 1 fully saturated rings. The molecule has 0 aliphatic carbocycles. The highest BCUT2D eigenvalue weighted by Crippen LogP contribution is 2.43. The van der Waals surface area contributed by atoms with E-state index in [0.717, 1.165) is 77.0 Å². The molecule has 1 aliphatic heterocycles. The van der Waals surface area contributed by atoms with Crippen LogP contribution < -0.4 is 5.73 Å². The number of carbonyl (C=O) groups excluding carboxylic acids is 2. The van der Waals surface area contributed by atoms with Crippen molar-refractivity contribution in [1.82, 2.24) is 0 Å². The number of unbranched alkanes of at least 4 members (excludes halogenated alkanes) is 8. The zero-order chi connectivity index (χ0) is 39.4. The molecule has 0 saturated carbocycles. The van der Waals surface area contributed by atoms with Gasteiger partial charge in [-0.2, -0.15) is 0 Å². The summed E-state index contributed by atoms with van der Waals surface area (Å²) in [4.78, 5) is 34.8. The van der Waals surface area contributed by atoms with Crippen LogP contribution in [0.5, 0.6) is 0 Å². The molecular formula is C43H72NO9P. The van der Waals surface area contributed by atoms with Gasteiger partial charge in [0.15, 0.2) is 6.10 Å². The second-order valence-electron chi connectivity index (χ2n) is 13.5. The van der Waals surface area contributed by atoms with Crippen LogP contribution in [0.1, 0.15) is 142 Å². The predicted molar refractivity (Wildman–Crippen MR) is 219 cm³/mol. The van der Waals surface area contributed by atoms with Crippen molar-refractivity contribution in [2.24, 2.45) is 5.73 Å². The largest absolute Gasteiger partial charge is 0.472 e. The summed E-state index contributed by atoms with van der Waals surface area (Å²) in [6, 6.07) is 0. The number of phosphoric acid groups is 1. The van der Waals surface area contributed by atoms with Gasteiger partial charge in [-0.15, -0.1) is 0 Å². The molecule has 0 aromatic heterocycles. The zero-order valence-electron chi connectivity index (χ0n) is 33.4. The monoisotopic (exact) mass is 777 g/mol. The van der Waals surface area contributed by atoms with Crippen LogP contribution in [-0.4, -0.2) is 61.5 Å². The molecule has 11 heteroatoms. The highest BCUT2D eigenvalue weighted by molar-refractivity contribution is 7.47. The summed E-state index contributed by atoms with van der Waals surface area (Å²) >= 11 is 0. The quantitative estimate of drug-likeness (QED) is 0.0207. The van der Waals surface area contributed by atoms with Crippen LogP contribution >= 0.6 is 7.82 Å². The van der Waals surface area contributed by atoms with Crippen molar-refractivity contribution in [2.75, 3.05) is 26.4 Å². The van der Waals surface area contributed by atoms with Gasteiger partial charge in [0.2, 0.25) is 0 Å². The molecule has 1 heterocycles. The first-order chi connectivity index (χ1) is 26.3.